The van der Waals surface area contributed by atoms with E-state index in [9.17, 15) is 4.39 Å². The highest BCUT2D eigenvalue weighted by Gasteiger charge is 2.06. The fourth-order valence-electron chi connectivity index (χ4n) is 1.37. The molecule has 0 fully saturated rings. The summed E-state index contributed by atoms with van der Waals surface area (Å²) in [6.45, 7) is 3.29. The van der Waals surface area contributed by atoms with Gasteiger partial charge in [0.25, 0.3) is 0 Å². The van der Waals surface area contributed by atoms with Crippen LogP contribution < -0.4 is 10.6 Å². The van der Waals surface area contributed by atoms with Gasteiger partial charge in [0.1, 0.15) is 5.82 Å². The molecular weight excluding hydrogens is 319 g/mol. The van der Waals surface area contributed by atoms with Crippen molar-refractivity contribution in [2.75, 3.05) is 25.6 Å². The number of rotatable bonds is 5. The normalized spacial score (nSPS) is 10.2. The second-order valence-electron chi connectivity index (χ2n) is 3.81. The van der Waals surface area contributed by atoms with E-state index in [1.165, 1.54) is 6.07 Å². The van der Waals surface area contributed by atoms with Gasteiger partial charge in [0, 0.05) is 25.9 Å². The zero-order valence-corrected chi connectivity index (χ0v) is 12.8. The molecule has 0 spiro atoms. The largest absolute Gasteiger partial charge is 0.385 e. The first-order chi connectivity index (χ1) is 8.54. The van der Waals surface area contributed by atoms with E-state index in [0.29, 0.717) is 21.9 Å². The molecule has 18 heavy (non-hydrogen) atoms. The molecule has 0 amide bonds. The number of halogens is 2. The van der Waals surface area contributed by atoms with Crippen LogP contribution in [0.4, 0.5) is 10.1 Å². The zero-order valence-electron chi connectivity index (χ0n) is 10.3. The van der Waals surface area contributed by atoms with Crippen LogP contribution in [0.15, 0.2) is 16.6 Å². The molecule has 0 aliphatic rings. The predicted molar refractivity (Wildman–Crippen MR) is 79.6 cm³/mol. The number of aryl methyl sites for hydroxylation is 1. The van der Waals surface area contributed by atoms with E-state index in [2.05, 4.69) is 26.6 Å². The third kappa shape index (κ3) is 4.88. The molecule has 3 nitrogen and oxygen atoms in total. The quantitative estimate of drug-likeness (QED) is 0.639. The van der Waals surface area contributed by atoms with Crippen molar-refractivity contribution in [1.29, 1.82) is 0 Å². The third-order valence-corrected chi connectivity index (χ3v) is 3.18. The Morgan fingerprint density at radius 1 is 1.50 bits per heavy atom. The van der Waals surface area contributed by atoms with Crippen molar-refractivity contribution in [1.82, 2.24) is 5.32 Å². The fourth-order valence-corrected chi connectivity index (χ4v) is 2.04. The predicted octanol–water partition coefficient (Wildman–Crippen LogP) is 3.22. The summed E-state index contributed by atoms with van der Waals surface area (Å²) in [4.78, 5) is 0. The molecule has 0 heterocycles. The minimum absolute atomic E-state index is 0.315. The minimum Gasteiger partial charge on any atom is -0.385 e. The Hall–Kier alpha value is -0.720. The number of hydrogen-bond donors (Lipinski definition) is 2. The maximum absolute atomic E-state index is 13.4. The van der Waals surface area contributed by atoms with Crippen molar-refractivity contribution in [3.8, 4) is 0 Å². The van der Waals surface area contributed by atoms with Gasteiger partial charge in [-0.25, -0.2) is 4.39 Å². The van der Waals surface area contributed by atoms with E-state index in [0.717, 1.165) is 18.5 Å². The summed E-state index contributed by atoms with van der Waals surface area (Å²) < 4.78 is 18.8. The molecule has 6 heteroatoms. The summed E-state index contributed by atoms with van der Waals surface area (Å²) >= 11 is 8.26. The Labute approximate surface area is 120 Å². The molecule has 0 aliphatic heterocycles. The summed E-state index contributed by atoms with van der Waals surface area (Å²) in [5.74, 6) is -0.315. The van der Waals surface area contributed by atoms with Crippen LogP contribution in [-0.2, 0) is 4.74 Å². The molecule has 0 atom stereocenters. The van der Waals surface area contributed by atoms with Crippen LogP contribution in [-0.4, -0.2) is 25.4 Å². The zero-order chi connectivity index (χ0) is 13.5. The molecule has 1 rings (SSSR count). The molecule has 0 aliphatic carbocycles. The molecule has 0 unspecified atom stereocenters. The minimum atomic E-state index is -0.315. The standard InChI is InChI=1S/C12H16BrFN2OS/c1-8-6-9(13)10(14)7-11(8)16-12(18)15-4-3-5-17-2/h6-7H,3-5H2,1-2H3,(H2,15,16,18). The summed E-state index contributed by atoms with van der Waals surface area (Å²) in [5.41, 5.74) is 1.59. The van der Waals surface area contributed by atoms with E-state index in [4.69, 9.17) is 17.0 Å². The Morgan fingerprint density at radius 2 is 2.22 bits per heavy atom. The summed E-state index contributed by atoms with van der Waals surface area (Å²) in [7, 11) is 1.66. The monoisotopic (exact) mass is 334 g/mol. The molecular formula is C12H16BrFN2OS. The Bertz CT molecular complexity index is 429. The van der Waals surface area contributed by atoms with Gasteiger partial charge >= 0.3 is 0 Å². The number of methoxy groups -OCH3 is 1. The highest BCUT2D eigenvalue weighted by Crippen LogP contribution is 2.23. The number of anilines is 1. The van der Waals surface area contributed by atoms with Gasteiger partial charge in [-0.2, -0.15) is 0 Å². The number of hydrogen-bond acceptors (Lipinski definition) is 2. The second kappa shape index (κ2) is 7.66. The van der Waals surface area contributed by atoms with E-state index >= 15 is 0 Å². The third-order valence-electron chi connectivity index (χ3n) is 2.33. The lowest BCUT2D eigenvalue weighted by Gasteiger charge is -2.13. The van der Waals surface area contributed by atoms with Crippen LogP contribution in [0.1, 0.15) is 12.0 Å². The van der Waals surface area contributed by atoms with Crippen molar-refractivity contribution < 1.29 is 9.13 Å². The Morgan fingerprint density at radius 3 is 2.89 bits per heavy atom. The first kappa shape index (κ1) is 15.3. The molecule has 1 aromatic rings. The molecule has 0 radical (unpaired) electrons. The van der Waals surface area contributed by atoms with Crippen LogP contribution in [0.2, 0.25) is 0 Å². The number of nitrogens with one attached hydrogen (secondary N) is 2. The average molecular weight is 335 g/mol. The Balaban J connectivity index is 2.51. The fraction of sp³-hybridized carbons (Fsp3) is 0.417. The van der Waals surface area contributed by atoms with Gasteiger partial charge in [0.2, 0.25) is 0 Å². The maximum atomic E-state index is 13.4. The van der Waals surface area contributed by atoms with Gasteiger partial charge in [0.15, 0.2) is 5.11 Å². The smallest absolute Gasteiger partial charge is 0.170 e. The maximum Gasteiger partial charge on any atom is 0.170 e. The lowest BCUT2D eigenvalue weighted by molar-refractivity contribution is 0.196. The van der Waals surface area contributed by atoms with Gasteiger partial charge in [-0.1, -0.05) is 0 Å². The highest BCUT2D eigenvalue weighted by molar-refractivity contribution is 9.10. The first-order valence-corrected chi connectivity index (χ1v) is 6.74. The van der Waals surface area contributed by atoms with Crippen molar-refractivity contribution in [2.24, 2.45) is 0 Å². The summed E-state index contributed by atoms with van der Waals surface area (Å²) in [5, 5.41) is 6.49. The molecule has 100 valence electrons. The van der Waals surface area contributed by atoms with Crippen LogP contribution in [0.5, 0.6) is 0 Å². The van der Waals surface area contributed by atoms with E-state index < -0.39 is 0 Å². The number of benzene rings is 1. The van der Waals surface area contributed by atoms with Gasteiger partial charge in [-0.15, -0.1) is 0 Å². The van der Waals surface area contributed by atoms with Crippen molar-refractivity contribution in [2.45, 2.75) is 13.3 Å². The van der Waals surface area contributed by atoms with Gasteiger partial charge in [-0.05, 0) is 59.2 Å². The molecule has 0 saturated heterocycles. The van der Waals surface area contributed by atoms with E-state index in [-0.39, 0.29) is 5.82 Å². The molecule has 0 bridgehead atoms. The van der Waals surface area contributed by atoms with E-state index in [1.54, 1.807) is 13.2 Å². The summed E-state index contributed by atoms with van der Waals surface area (Å²) in [6, 6.07) is 3.13. The van der Waals surface area contributed by atoms with Crippen LogP contribution in [0.25, 0.3) is 0 Å². The first-order valence-electron chi connectivity index (χ1n) is 5.54. The van der Waals surface area contributed by atoms with Crippen LogP contribution >= 0.6 is 28.1 Å². The van der Waals surface area contributed by atoms with Crippen LogP contribution in [0, 0.1) is 12.7 Å². The van der Waals surface area contributed by atoms with Gasteiger partial charge in [0.05, 0.1) is 4.47 Å². The lowest BCUT2D eigenvalue weighted by atomic mass is 10.2. The van der Waals surface area contributed by atoms with Gasteiger partial charge in [-0.3, -0.25) is 0 Å². The highest BCUT2D eigenvalue weighted by atomic mass is 79.9. The number of ether oxygens (including phenoxy) is 1. The van der Waals surface area contributed by atoms with Crippen LogP contribution in [0.3, 0.4) is 0 Å². The Kier molecular flexibility index (Phi) is 6.52. The van der Waals surface area contributed by atoms with Gasteiger partial charge < -0.3 is 15.4 Å². The lowest BCUT2D eigenvalue weighted by Crippen LogP contribution is -2.30. The SMILES string of the molecule is COCCCNC(=S)Nc1cc(F)c(Br)cc1C. The van der Waals surface area contributed by atoms with E-state index in [1.807, 2.05) is 6.92 Å². The van der Waals surface area contributed by atoms with Crippen molar-refractivity contribution in [3.05, 3.63) is 28.0 Å². The second-order valence-corrected chi connectivity index (χ2v) is 5.07. The molecule has 0 saturated carbocycles. The number of thiocarbonyl (C=S) groups is 1. The molecule has 1 aromatic carbocycles. The van der Waals surface area contributed by atoms with Crippen molar-refractivity contribution in [3.63, 3.8) is 0 Å². The summed E-state index contributed by atoms with van der Waals surface area (Å²) in [6.07, 6.45) is 0.867. The average Bonchev–Trinajstić information content (AvgIpc) is 2.32. The molecule has 0 aromatic heterocycles. The molecule has 2 N–H and O–H groups in total. The van der Waals surface area contributed by atoms with Crippen molar-refractivity contribution >= 4 is 38.9 Å². The topological polar surface area (TPSA) is 33.3 Å².